The molecule has 0 fully saturated rings. The maximum Gasteiger partial charge on any atom is 0.311 e. The third-order valence-electron chi connectivity index (χ3n) is 6.41. The fraction of sp³-hybridized carbons (Fsp3) is 0.536. The van der Waals surface area contributed by atoms with E-state index in [1.54, 1.807) is 5.56 Å². The second-order valence-corrected chi connectivity index (χ2v) is 8.90. The summed E-state index contributed by atoms with van der Waals surface area (Å²) >= 11 is 0. The first-order chi connectivity index (χ1) is 14.7. The van der Waals surface area contributed by atoms with Gasteiger partial charge in [-0.25, -0.2) is 0 Å². The van der Waals surface area contributed by atoms with E-state index in [0.717, 1.165) is 18.8 Å². The number of carbonyl (C=O) groups excluding carboxylic acids is 1. The van der Waals surface area contributed by atoms with Gasteiger partial charge >= 0.3 is 5.97 Å². The average molecular weight is 407 g/mol. The van der Waals surface area contributed by atoms with Crippen LogP contribution < -0.4 is 4.74 Å². The summed E-state index contributed by atoms with van der Waals surface area (Å²) < 4.78 is 5.49. The Morgan fingerprint density at radius 2 is 1.60 bits per heavy atom. The lowest BCUT2D eigenvalue weighted by Crippen LogP contribution is -2.14. The fourth-order valence-electron chi connectivity index (χ4n) is 4.53. The molecule has 2 nitrogen and oxygen atoms in total. The minimum atomic E-state index is -0.124. The minimum absolute atomic E-state index is 0.124. The zero-order valence-corrected chi connectivity index (χ0v) is 18.9. The summed E-state index contributed by atoms with van der Waals surface area (Å²) in [5.74, 6) is 1.39. The molecule has 1 aliphatic rings. The molecule has 0 N–H and O–H groups in total. The molecule has 2 heteroatoms. The van der Waals surface area contributed by atoms with Crippen LogP contribution >= 0.6 is 0 Å². The molecule has 0 aliphatic heterocycles. The van der Waals surface area contributed by atoms with E-state index >= 15 is 0 Å². The van der Waals surface area contributed by atoms with Gasteiger partial charge in [0.05, 0.1) is 0 Å². The third kappa shape index (κ3) is 6.72. The van der Waals surface area contributed by atoms with E-state index in [9.17, 15) is 4.79 Å². The van der Waals surface area contributed by atoms with Gasteiger partial charge in [-0.3, -0.25) is 4.79 Å². The van der Waals surface area contributed by atoms with Crippen molar-refractivity contribution in [2.24, 2.45) is 5.92 Å². The first kappa shape index (κ1) is 22.6. The van der Waals surface area contributed by atoms with Crippen LogP contribution in [0.5, 0.6) is 5.75 Å². The Bertz CT molecular complexity index is 791. The van der Waals surface area contributed by atoms with Crippen LogP contribution in [0.15, 0.2) is 42.5 Å². The smallest absolute Gasteiger partial charge is 0.311 e. The molecular weight excluding hydrogens is 368 g/mol. The predicted octanol–water partition coefficient (Wildman–Crippen LogP) is 7.91. The van der Waals surface area contributed by atoms with Gasteiger partial charge in [0.15, 0.2) is 0 Å². The summed E-state index contributed by atoms with van der Waals surface area (Å²) in [5.41, 5.74) is 5.50. The number of hydrogen-bond donors (Lipinski definition) is 0. The summed E-state index contributed by atoms with van der Waals surface area (Å²) in [6, 6.07) is 14.9. The third-order valence-corrected chi connectivity index (χ3v) is 6.41. The summed E-state index contributed by atoms with van der Waals surface area (Å²) in [4.78, 5) is 12.0. The molecule has 0 heterocycles. The Hall–Kier alpha value is -2.09. The molecule has 1 atom stereocenters. The van der Waals surface area contributed by atoms with Crippen LogP contribution in [0.2, 0.25) is 0 Å². The lowest BCUT2D eigenvalue weighted by Gasteiger charge is -2.25. The molecule has 0 aromatic heterocycles. The molecule has 3 rings (SSSR count). The van der Waals surface area contributed by atoms with E-state index in [4.69, 9.17) is 4.74 Å². The van der Waals surface area contributed by atoms with Crippen molar-refractivity contribution in [1.82, 2.24) is 0 Å². The summed E-state index contributed by atoms with van der Waals surface area (Å²) in [7, 11) is 0. The van der Waals surface area contributed by atoms with Gasteiger partial charge in [0, 0.05) is 6.42 Å². The van der Waals surface area contributed by atoms with E-state index in [-0.39, 0.29) is 5.97 Å². The van der Waals surface area contributed by atoms with Crippen LogP contribution in [0.3, 0.4) is 0 Å². The van der Waals surface area contributed by atoms with Crippen LogP contribution in [0.1, 0.15) is 89.2 Å². The zero-order chi connectivity index (χ0) is 21.2. The van der Waals surface area contributed by atoms with Crippen LogP contribution in [-0.4, -0.2) is 5.97 Å². The second kappa shape index (κ2) is 11.9. The van der Waals surface area contributed by atoms with Crippen LogP contribution in [0.25, 0.3) is 11.1 Å². The SMILES string of the molecule is CCCCCCC(=O)Oc1ccc(-c2ccc3c(c2)CCC(CCCCC)C3)cc1. The van der Waals surface area contributed by atoms with Crippen LogP contribution in [0.4, 0.5) is 0 Å². The normalized spacial score (nSPS) is 15.6. The number of rotatable bonds is 11. The number of aryl methyl sites for hydroxylation is 1. The van der Waals surface area contributed by atoms with Crippen molar-refractivity contribution in [3.63, 3.8) is 0 Å². The standard InChI is InChI=1S/C28H38O2/c1-3-5-7-9-11-28(29)30-27-18-16-23(17-19-27)25-15-14-24-20-22(10-8-6-4-2)12-13-26(24)21-25/h14-19,21-22H,3-13,20H2,1-2H3. The molecule has 30 heavy (non-hydrogen) atoms. The van der Waals surface area contributed by atoms with Crippen molar-refractivity contribution in [2.45, 2.75) is 90.9 Å². The van der Waals surface area contributed by atoms with Gasteiger partial charge in [0.1, 0.15) is 5.75 Å². The molecule has 0 spiro atoms. The lowest BCUT2D eigenvalue weighted by atomic mass is 9.80. The number of unbranched alkanes of at least 4 members (excludes halogenated alkanes) is 5. The maximum atomic E-state index is 12.0. The maximum absolute atomic E-state index is 12.0. The zero-order valence-electron chi connectivity index (χ0n) is 18.9. The van der Waals surface area contributed by atoms with Crippen molar-refractivity contribution in [2.75, 3.05) is 0 Å². The summed E-state index contributed by atoms with van der Waals surface area (Å²) in [6.45, 7) is 4.46. The molecule has 162 valence electrons. The highest BCUT2D eigenvalue weighted by Crippen LogP contribution is 2.32. The van der Waals surface area contributed by atoms with Gasteiger partial charge in [0.2, 0.25) is 0 Å². The molecule has 0 saturated heterocycles. The van der Waals surface area contributed by atoms with Gasteiger partial charge in [-0.2, -0.15) is 0 Å². The van der Waals surface area contributed by atoms with Crippen LogP contribution in [0, 0.1) is 5.92 Å². The summed E-state index contributed by atoms with van der Waals surface area (Å²) in [5, 5.41) is 0. The second-order valence-electron chi connectivity index (χ2n) is 8.90. The number of fused-ring (bicyclic) bond motifs is 1. The predicted molar refractivity (Wildman–Crippen MR) is 126 cm³/mol. The molecule has 0 saturated carbocycles. The molecule has 1 unspecified atom stereocenters. The Morgan fingerprint density at radius 1 is 0.867 bits per heavy atom. The minimum Gasteiger partial charge on any atom is -0.427 e. The van der Waals surface area contributed by atoms with Gasteiger partial charge in [-0.15, -0.1) is 0 Å². The van der Waals surface area contributed by atoms with Crippen molar-refractivity contribution < 1.29 is 9.53 Å². The van der Waals surface area contributed by atoms with E-state index < -0.39 is 0 Å². The molecular formula is C28H38O2. The Labute approximate surface area is 183 Å². The largest absolute Gasteiger partial charge is 0.427 e. The number of esters is 1. The van der Waals surface area contributed by atoms with E-state index in [1.807, 2.05) is 12.1 Å². The fourth-order valence-corrected chi connectivity index (χ4v) is 4.53. The quantitative estimate of drug-likeness (QED) is 0.215. The topological polar surface area (TPSA) is 26.3 Å². The lowest BCUT2D eigenvalue weighted by molar-refractivity contribution is -0.134. The highest BCUT2D eigenvalue weighted by molar-refractivity contribution is 5.73. The van der Waals surface area contributed by atoms with Crippen LogP contribution in [-0.2, 0) is 17.6 Å². The van der Waals surface area contributed by atoms with Gasteiger partial charge in [-0.05, 0) is 66.0 Å². The molecule has 0 radical (unpaired) electrons. The molecule has 1 aliphatic carbocycles. The summed E-state index contributed by atoms with van der Waals surface area (Å²) in [6.07, 6.45) is 14.1. The Balaban J connectivity index is 1.55. The first-order valence-corrected chi connectivity index (χ1v) is 12.1. The average Bonchev–Trinajstić information content (AvgIpc) is 2.77. The molecule has 2 aromatic rings. The van der Waals surface area contributed by atoms with Gasteiger partial charge < -0.3 is 4.74 Å². The van der Waals surface area contributed by atoms with Crippen molar-refractivity contribution in [3.05, 3.63) is 53.6 Å². The van der Waals surface area contributed by atoms with Gasteiger partial charge in [0.25, 0.3) is 0 Å². The Kier molecular flexibility index (Phi) is 8.99. The van der Waals surface area contributed by atoms with Gasteiger partial charge in [-0.1, -0.05) is 89.1 Å². The van der Waals surface area contributed by atoms with E-state index in [2.05, 4.69) is 44.2 Å². The van der Waals surface area contributed by atoms with Crippen molar-refractivity contribution >= 4 is 5.97 Å². The van der Waals surface area contributed by atoms with Crippen molar-refractivity contribution in [1.29, 1.82) is 0 Å². The number of carbonyl (C=O) groups is 1. The molecule has 0 amide bonds. The number of hydrogen-bond acceptors (Lipinski definition) is 2. The molecule has 0 bridgehead atoms. The highest BCUT2D eigenvalue weighted by Gasteiger charge is 2.18. The van der Waals surface area contributed by atoms with E-state index in [0.29, 0.717) is 12.2 Å². The monoisotopic (exact) mass is 406 g/mol. The van der Waals surface area contributed by atoms with E-state index in [1.165, 1.54) is 74.5 Å². The van der Waals surface area contributed by atoms with Crippen molar-refractivity contribution in [3.8, 4) is 16.9 Å². The molecule has 2 aromatic carbocycles. The number of benzene rings is 2. The Morgan fingerprint density at radius 3 is 2.37 bits per heavy atom. The highest BCUT2D eigenvalue weighted by atomic mass is 16.5. The number of ether oxygens (including phenoxy) is 1. The first-order valence-electron chi connectivity index (χ1n) is 12.1.